The molecule has 0 radical (unpaired) electrons. The van der Waals surface area contributed by atoms with Crippen molar-refractivity contribution >= 4 is 21.6 Å². The summed E-state index contributed by atoms with van der Waals surface area (Å²) in [7, 11) is 1.66. The number of anilines is 1. The zero-order valence-corrected chi connectivity index (χ0v) is 13.6. The molecule has 21 heavy (non-hydrogen) atoms. The molecular formula is C17H17BrN2O. The fourth-order valence-corrected chi connectivity index (χ4v) is 2.65. The Labute approximate surface area is 133 Å². The number of methoxy groups -OCH3 is 1. The number of halogens is 1. The molecule has 108 valence electrons. The minimum Gasteiger partial charge on any atom is -0.496 e. The zero-order valence-electron chi connectivity index (χ0n) is 12.1. The summed E-state index contributed by atoms with van der Waals surface area (Å²) in [5, 5.41) is 12.1. The van der Waals surface area contributed by atoms with Crippen molar-refractivity contribution in [1.82, 2.24) is 0 Å². The van der Waals surface area contributed by atoms with Crippen molar-refractivity contribution in [2.45, 2.75) is 19.4 Å². The van der Waals surface area contributed by atoms with Gasteiger partial charge in [0.15, 0.2) is 0 Å². The molecule has 2 aromatic rings. The Morgan fingerprint density at radius 3 is 2.52 bits per heavy atom. The average Bonchev–Trinajstić information content (AvgIpc) is 2.49. The number of rotatable bonds is 5. The second-order valence-corrected chi connectivity index (χ2v) is 5.65. The summed E-state index contributed by atoms with van der Waals surface area (Å²) < 4.78 is 6.19. The Balaban J connectivity index is 2.08. The molecule has 2 rings (SSSR count). The van der Waals surface area contributed by atoms with Crippen LogP contribution in [-0.2, 0) is 6.42 Å². The van der Waals surface area contributed by atoms with Crippen molar-refractivity contribution in [3.05, 3.63) is 58.1 Å². The molecule has 0 saturated heterocycles. The highest BCUT2D eigenvalue weighted by Gasteiger charge is 2.08. The van der Waals surface area contributed by atoms with Crippen LogP contribution in [0.15, 0.2) is 46.9 Å². The Morgan fingerprint density at radius 2 is 1.95 bits per heavy atom. The smallest absolute Gasteiger partial charge is 0.133 e. The monoisotopic (exact) mass is 344 g/mol. The summed E-state index contributed by atoms with van der Waals surface area (Å²) in [6.07, 6.45) is 0.446. The molecule has 0 aliphatic rings. The molecule has 0 amide bonds. The van der Waals surface area contributed by atoms with E-state index in [4.69, 9.17) is 10.00 Å². The van der Waals surface area contributed by atoms with Crippen molar-refractivity contribution in [2.24, 2.45) is 0 Å². The minimum atomic E-state index is 0.175. The summed E-state index contributed by atoms with van der Waals surface area (Å²) in [6.45, 7) is 2.11. The van der Waals surface area contributed by atoms with E-state index >= 15 is 0 Å². The molecule has 1 atom stereocenters. The summed E-state index contributed by atoms with van der Waals surface area (Å²) >= 11 is 3.50. The van der Waals surface area contributed by atoms with E-state index in [0.717, 1.165) is 21.5 Å². The molecular weight excluding hydrogens is 328 g/mol. The molecule has 0 fully saturated rings. The van der Waals surface area contributed by atoms with E-state index in [-0.39, 0.29) is 6.04 Å². The van der Waals surface area contributed by atoms with Gasteiger partial charge in [0, 0.05) is 11.7 Å². The Hall–Kier alpha value is -1.99. The highest BCUT2D eigenvalue weighted by Crippen LogP contribution is 2.29. The number of hydrogen-bond donors (Lipinski definition) is 1. The number of hydrogen-bond acceptors (Lipinski definition) is 3. The first-order valence-corrected chi connectivity index (χ1v) is 7.49. The standard InChI is InChI=1S/C17H17BrN2O/c1-12(14-5-8-17(21-2)16(18)11-14)20-15-6-3-13(4-7-15)9-10-19/h3-8,11-12,20H,9H2,1-2H3. The van der Waals surface area contributed by atoms with Gasteiger partial charge in [0.25, 0.3) is 0 Å². The number of benzene rings is 2. The lowest BCUT2D eigenvalue weighted by atomic mass is 10.1. The number of ether oxygens (including phenoxy) is 1. The van der Waals surface area contributed by atoms with Crippen LogP contribution in [0.4, 0.5) is 5.69 Å². The zero-order chi connectivity index (χ0) is 15.2. The average molecular weight is 345 g/mol. The lowest BCUT2D eigenvalue weighted by Gasteiger charge is -2.17. The molecule has 0 aliphatic carbocycles. The minimum absolute atomic E-state index is 0.175. The van der Waals surface area contributed by atoms with Crippen LogP contribution in [0.25, 0.3) is 0 Å². The molecule has 1 unspecified atom stereocenters. The fraction of sp³-hybridized carbons (Fsp3) is 0.235. The van der Waals surface area contributed by atoms with E-state index in [9.17, 15) is 0 Å². The third kappa shape index (κ3) is 3.99. The van der Waals surface area contributed by atoms with Crippen LogP contribution < -0.4 is 10.1 Å². The van der Waals surface area contributed by atoms with Crippen LogP contribution in [0.1, 0.15) is 24.1 Å². The maximum absolute atomic E-state index is 8.67. The van der Waals surface area contributed by atoms with E-state index in [2.05, 4.69) is 40.3 Å². The Kier molecular flexibility index (Phi) is 5.24. The van der Waals surface area contributed by atoms with Crippen LogP contribution >= 0.6 is 15.9 Å². The van der Waals surface area contributed by atoms with Gasteiger partial charge in [-0.25, -0.2) is 0 Å². The SMILES string of the molecule is COc1ccc(C(C)Nc2ccc(CC#N)cc2)cc1Br. The topological polar surface area (TPSA) is 45.0 Å². The van der Waals surface area contributed by atoms with E-state index < -0.39 is 0 Å². The second kappa shape index (κ2) is 7.14. The summed E-state index contributed by atoms with van der Waals surface area (Å²) in [5.74, 6) is 0.826. The molecule has 0 spiro atoms. The molecule has 0 bridgehead atoms. The van der Waals surface area contributed by atoms with Crippen molar-refractivity contribution < 1.29 is 4.74 Å². The van der Waals surface area contributed by atoms with Gasteiger partial charge in [-0.15, -0.1) is 0 Å². The molecule has 1 N–H and O–H groups in total. The van der Waals surface area contributed by atoms with Gasteiger partial charge in [-0.2, -0.15) is 5.26 Å². The Bertz CT molecular complexity index is 647. The second-order valence-electron chi connectivity index (χ2n) is 4.79. The van der Waals surface area contributed by atoms with Crippen LogP contribution in [0.3, 0.4) is 0 Å². The van der Waals surface area contributed by atoms with E-state index in [1.165, 1.54) is 5.56 Å². The van der Waals surface area contributed by atoms with Crippen LogP contribution in [0.2, 0.25) is 0 Å². The normalized spacial score (nSPS) is 11.5. The van der Waals surface area contributed by atoms with Crippen LogP contribution in [-0.4, -0.2) is 7.11 Å². The van der Waals surface area contributed by atoms with Gasteiger partial charge >= 0.3 is 0 Å². The number of nitrogens with one attached hydrogen (secondary N) is 1. The van der Waals surface area contributed by atoms with Gasteiger partial charge < -0.3 is 10.1 Å². The fourth-order valence-electron chi connectivity index (χ4n) is 2.10. The third-order valence-electron chi connectivity index (χ3n) is 3.30. The highest BCUT2D eigenvalue weighted by atomic mass is 79.9. The van der Waals surface area contributed by atoms with E-state index in [1.54, 1.807) is 7.11 Å². The number of nitriles is 1. The largest absolute Gasteiger partial charge is 0.496 e. The van der Waals surface area contributed by atoms with E-state index in [1.807, 2.05) is 36.4 Å². The quantitative estimate of drug-likeness (QED) is 0.855. The number of nitrogens with zero attached hydrogens (tertiary/aromatic N) is 1. The van der Waals surface area contributed by atoms with Crippen molar-refractivity contribution in [3.8, 4) is 11.8 Å². The first kappa shape index (κ1) is 15.4. The maximum atomic E-state index is 8.67. The van der Waals surface area contributed by atoms with Crippen LogP contribution in [0, 0.1) is 11.3 Å². The van der Waals surface area contributed by atoms with Gasteiger partial charge in [0.2, 0.25) is 0 Å². The maximum Gasteiger partial charge on any atom is 0.133 e. The van der Waals surface area contributed by atoms with Gasteiger partial charge in [-0.1, -0.05) is 18.2 Å². The summed E-state index contributed by atoms with van der Waals surface area (Å²) in [5.41, 5.74) is 3.24. The van der Waals surface area contributed by atoms with E-state index in [0.29, 0.717) is 6.42 Å². The predicted octanol–water partition coefficient (Wildman–Crippen LogP) is 4.70. The predicted molar refractivity (Wildman–Crippen MR) is 88.5 cm³/mol. The lowest BCUT2D eigenvalue weighted by molar-refractivity contribution is 0.412. The van der Waals surface area contributed by atoms with Crippen molar-refractivity contribution in [2.75, 3.05) is 12.4 Å². The lowest BCUT2D eigenvalue weighted by Crippen LogP contribution is -2.06. The third-order valence-corrected chi connectivity index (χ3v) is 3.92. The molecule has 3 nitrogen and oxygen atoms in total. The summed E-state index contributed by atoms with van der Waals surface area (Å²) in [4.78, 5) is 0. The molecule has 0 saturated carbocycles. The molecule has 2 aromatic carbocycles. The first-order valence-electron chi connectivity index (χ1n) is 6.70. The summed E-state index contributed by atoms with van der Waals surface area (Å²) in [6, 6.07) is 16.3. The molecule has 0 heterocycles. The molecule has 0 aliphatic heterocycles. The van der Waals surface area contributed by atoms with Crippen LogP contribution in [0.5, 0.6) is 5.75 Å². The first-order chi connectivity index (χ1) is 10.1. The molecule has 0 aromatic heterocycles. The van der Waals surface area contributed by atoms with Gasteiger partial charge in [0.1, 0.15) is 5.75 Å². The molecule has 4 heteroatoms. The Morgan fingerprint density at radius 1 is 1.24 bits per heavy atom. The van der Waals surface area contributed by atoms with Gasteiger partial charge in [0.05, 0.1) is 24.1 Å². The highest BCUT2D eigenvalue weighted by molar-refractivity contribution is 9.10. The van der Waals surface area contributed by atoms with Crippen molar-refractivity contribution in [3.63, 3.8) is 0 Å². The van der Waals surface area contributed by atoms with Gasteiger partial charge in [-0.05, 0) is 58.2 Å². The van der Waals surface area contributed by atoms with Crippen molar-refractivity contribution in [1.29, 1.82) is 5.26 Å². The van der Waals surface area contributed by atoms with Gasteiger partial charge in [-0.3, -0.25) is 0 Å².